The molecule has 0 unspecified atom stereocenters. The Morgan fingerprint density at radius 1 is 1.61 bits per heavy atom. The van der Waals surface area contributed by atoms with Crippen molar-refractivity contribution in [2.75, 3.05) is 26.8 Å². The third-order valence-electron chi connectivity index (χ3n) is 2.64. The third-order valence-corrected chi connectivity index (χ3v) is 2.64. The zero-order valence-electron chi connectivity index (χ0n) is 11.2. The lowest BCUT2D eigenvalue weighted by Crippen LogP contribution is -2.29. The van der Waals surface area contributed by atoms with Crippen molar-refractivity contribution in [3.63, 3.8) is 0 Å². The largest absolute Gasteiger partial charge is 0.456 e. The van der Waals surface area contributed by atoms with Crippen molar-refractivity contribution < 1.29 is 13.9 Å². The van der Waals surface area contributed by atoms with Gasteiger partial charge in [-0.3, -0.25) is 15.1 Å². The van der Waals surface area contributed by atoms with Gasteiger partial charge in [-0.1, -0.05) is 0 Å². The highest BCUT2D eigenvalue weighted by Crippen LogP contribution is 2.16. The van der Waals surface area contributed by atoms with E-state index in [2.05, 4.69) is 10.3 Å². The molecule has 0 radical (unpaired) electrons. The van der Waals surface area contributed by atoms with Gasteiger partial charge in [0.05, 0.1) is 6.61 Å². The highest BCUT2D eigenvalue weighted by molar-refractivity contribution is 5.91. The molecule has 0 saturated heterocycles. The van der Waals surface area contributed by atoms with Crippen molar-refractivity contribution in [3.8, 4) is 0 Å². The first-order valence-electron chi connectivity index (χ1n) is 5.95. The predicted molar refractivity (Wildman–Crippen MR) is 67.9 cm³/mol. The van der Waals surface area contributed by atoms with Crippen molar-refractivity contribution in [3.05, 3.63) is 23.2 Å². The molecule has 0 spiro atoms. The molecule has 1 amide bonds. The zero-order chi connectivity index (χ0) is 13.5. The van der Waals surface area contributed by atoms with E-state index in [4.69, 9.17) is 15.0 Å². The predicted octanol–water partition coefficient (Wildman–Crippen LogP) is 0.660. The van der Waals surface area contributed by atoms with Crippen LogP contribution in [0.4, 0.5) is 0 Å². The van der Waals surface area contributed by atoms with Gasteiger partial charge in [-0.25, -0.2) is 5.84 Å². The Morgan fingerprint density at radius 3 is 2.94 bits per heavy atom. The van der Waals surface area contributed by atoms with E-state index < -0.39 is 5.91 Å². The summed E-state index contributed by atoms with van der Waals surface area (Å²) in [6.07, 6.45) is 0. The topological polar surface area (TPSA) is 80.7 Å². The summed E-state index contributed by atoms with van der Waals surface area (Å²) < 4.78 is 10.6. The quantitative estimate of drug-likeness (QED) is 0.324. The van der Waals surface area contributed by atoms with E-state index in [1.54, 1.807) is 6.07 Å². The van der Waals surface area contributed by atoms with Crippen LogP contribution in [-0.2, 0) is 11.3 Å². The van der Waals surface area contributed by atoms with Crippen molar-refractivity contribution in [2.24, 2.45) is 5.84 Å². The molecule has 1 aromatic heterocycles. The molecule has 0 aliphatic heterocycles. The Bertz CT molecular complexity index is 390. The number of carbonyl (C=O) groups excluding carboxylic acids is 1. The minimum absolute atomic E-state index is 0.239. The number of nitrogens with zero attached hydrogens (tertiary/aromatic N) is 1. The van der Waals surface area contributed by atoms with Crippen LogP contribution in [0.3, 0.4) is 0 Å². The van der Waals surface area contributed by atoms with Crippen LogP contribution >= 0.6 is 0 Å². The molecule has 18 heavy (non-hydrogen) atoms. The highest BCUT2D eigenvalue weighted by Gasteiger charge is 2.14. The maximum absolute atomic E-state index is 11.3. The van der Waals surface area contributed by atoms with Crippen LogP contribution in [0.5, 0.6) is 0 Å². The fourth-order valence-corrected chi connectivity index (χ4v) is 1.59. The van der Waals surface area contributed by atoms with Gasteiger partial charge < -0.3 is 9.15 Å². The Hall–Kier alpha value is -1.37. The molecule has 102 valence electrons. The molecule has 0 aromatic carbocycles. The number of hydrazine groups is 1. The number of amides is 1. The lowest BCUT2D eigenvalue weighted by Gasteiger charge is -2.15. The highest BCUT2D eigenvalue weighted by atomic mass is 16.5. The average molecular weight is 255 g/mol. The minimum atomic E-state index is -0.415. The van der Waals surface area contributed by atoms with E-state index in [0.29, 0.717) is 13.2 Å². The molecule has 6 nitrogen and oxygen atoms in total. The fourth-order valence-electron chi connectivity index (χ4n) is 1.59. The Labute approximate surface area is 107 Å². The van der Waals surface area contributed by atoms with Gasteiger partial charge in [0.1, 0.15) is 5.76 Å². The molecule has 1 rings (SSSR count). The Morgan fingerprint density at radius 2 is 2.33 bits per heavy atom. The van der Waals surface area contributed by atoms with Crippen LogP contribution in [0.1, 0.15) is 28.8 Å². The summed E-state index contributed by atoms with van der Waals surface area (Å²) in [7, 11) is 1.99. The summed E-state index contributed by atoms with van der Waals surface area (Å²) in [6.45, 7) is 6.76. The SMILES string of the molecule is CCOCCN(C)Cc1cc(C(=O)NN)oc1C. The second-order valence-corrected chi connectivity index (χ2v) is 4.10. The Balaban J connectivity index is 2.56. The van der Waals surface area contributed by atoms with Crippen LogP contribution < -0.4 is 11.3 Å². The number of hydrogen-bond acceptors (Lipinski definition) is 5. The lowest BCUT2D eigenvalue weighted by molar-refractivity contribution is 0.0924. The van der Waals surface area contributed by atoms with Gasteiger partial charge in [0.2, 0.25) is 0 Å². The minimum Gasteiger partial charge on any atom is -0.456 e. The van der Waals surface area contributed by atoms with Crippen molar-refractivity contribution in [2.45, 2.75) is 20.4 Å². The molecule has 0 atom stereocenters. The standard InChI is InChI=1S/C12H21N3O3/c1-4-17-6-5-15(3)8-10-7-11(12(16)14-13)18-9(10)2/h7H,4-6,8,13H2,1-3H3,(H,14,16). The van der Waals surface area contributed by atoms with Crippen molar-refractivity contribution in [1.29, 1.82) is 0 Å². The first-order chi connectivity index (χ1) is 8.58. The summed E-state index contributed by atoms with van der Waals surface area (Å²) in [4.78, 5) is 13.4. The normalized spacial score (nSPS) is 10.9. The van der Waals surface area contributed by atoms with Crippen LogP contribution in [0.25, 0.3) is 0 Å². The molecule has 0 fully saturated rings. The van der Waals surface area contributed by atoms with Gasteiger partial charge >= 0.3 is 5.91 Å². The number of likely N-dealkylation sites (N-methyl/N-ethyl adjacent to an activating group) is 1. The molecule has 0 saturated carbocycles. The summed E-state index contributed by atoms with van der Waals surface area (Å²) in [6, 6.07) is 1.72. The van der Waals surface area contributed by atoms with Gasteiger partial charge in [0.15, 0.2) is 5.76 Å². The van der Waals surface area contributed by atoms with Crippen molar-refractivity contribution in [1.82, 2.24) is 10.3 Å². The summed E-state index contributed by atoms with van der Waals surface area (Å²) in [5.41, 5.74) is 3.03. The molecular formula is C12H21N3O3. The van der Waals surface area contributed by atoms with Crippen LogP contribution in [-0.4, -0.2) is 37.6 Å². The van der Waals surface area contributed by atoms with E-state index in [1.807, 2.05) is 20.9 Å². The molecular weight excluding hydrogens is 234 g/mol. The first-order valence-corrected chi connectivity index (χ1v) is 5.95. The number of nitrogens with two attached hydrogens (primary N) is 1. The number of aryl methyl sites for hydroxylation is 1. The van der Waals surface area contributed by atoms with Gasteiger partial charge in [0, 0.05) is 25.3 Å². The van der Waals surface area contributed by atoms with Gasteiger partial charge in [-0.15, -0.1) is 0 Å². The van der Waals surface area contributed by atoms with E-state index in [-0.39, 0.29) is 5.76 Å². The maximum Gasteiger partial charge on any atom is 0.300 e. The van der Waals surface area contributed by atoms with Gasteiger partial charge in [-0.2, -0.15) is 0 Å². The zero-order valence-corrected chi connectivity index (χ0v) is 11.2. The van der Waals surface area contributed by atoms with E-state index >= 15 is 0 Å². The van der Waals surface area contributed by atoms with E-state index in [1.165, 1.54) is 0 Å². The first kappa shape index (κ1) is 14.7. The number of furan rings is 1. The second kappa shape index (κ2) is 7.15. The van der Waals surface area contributed by atoms with Crippen molar-refractivity contribution >= 4 is 5.91 Å². The average Bonchev–Trinajstić information content (AvgIpc) is 2.70. The Kier molecular flexibility index (Phi) is 5.84. The van der Waals surface area contributed by atoms with E-state index in [0.717, 1.165) is 24.5 Å². The summed E-state index contributed by atoms with van der Waals surface area (Å²) >= 11 is 0. The van der Waals surface area contributed by atoms with E-state index in [9.17, 15) is 4.79 Å². The summed E-state index contributed by atoms with van der Waals surface area (Å²) in [5.74, 6) is 5.62. The molecule has 1 aromatic rings. The van der Waals surface area contributed by atoms with Gasteiger partial charge in [-0.05, 0) is 27.0 Å². The molecule has 6 heteroatoms. The van der Waals surface area contributed by atoms with Crippen LogP contribution in [0.15, 0.2) is 10.5 Å². The number of carbonyl (C=O) groups is 1. The summed E-state index contributed by atoms with van der Waals surface area (Å²) in [5, 5.41) is 0. The second-order valence-electron chi connectivity index (χ2n) is 4.10. The number of rotatable bonds is 7. The number of nitrogen functional groups attached to an aromatic ring is 1. The van der Waals surface area contributed by atoms with Crippen LogP contribution in [0, 0.1) is 6.92 Å². The fraction of sp³-hybridized carbons (Fsp3) is 0.583. The molecule has 0 bridgehead atoms. The third kappa shape index (κ3) is 4.14. The smallest absolute Gasteiger partial charge is 0.300 e. The monoisotopic (exact) mass is 255 g/mol. The maximum atomic E-state index is 11.3. The number of hydrogen-bond donors (Lipinski definition) is 2. The molecule has 3 N–H and O–H groups in total. The number of ether oxygens (including phenoxy) is 1. The molecule has 0 aliphatic carbocycles. The van der Waals surface area contributed by atoms with Gasteiger partial charge in [0.25, 0.3) is 0 Å². The molecule has 1 heterocycles. The lowest BCUT2D eigenvalue weighted by atomic mass is 10.2. The molecule has 0 aliphatic rings. The van der Waals surface area contributed by atoms with Crippen LogP contribution in [0.2, 0.25) is 0 Å². The number of nitrogens with one attached hydrogen (secondary N) is 1.